The van der Waals surface area contributed by atoms with Crippen LogP contribution in [0.2, 0.25) is 5.28 Å². The van der Waals surface area contributed by atoms with Crippen LogP contribution in [0.3, 0.4) is 0 Å². The topological polar surface area (TPSA) is 72.6 Å². The van der Waals surface area contributed by atoms with Gasteiger partial charge in [-0.3, -0.25) is 0 Å². The zero-order chi connectivity index (χ0) is 13.9. The summed E-state index contributed by atoms with van der Waals surface area (Å²) in [6.45, 7) is 0.942. The molecule has 3 rings (SSSR count). The minimum Gasteiger partial charge on any atom is -0.343 e. The normalized spacial score (nSPS) is 15.7. The second-order valence-corrected chi connectivity index (χ2v) is 5.41. The number of rotatable bonds is 4. The molecule has 0 spiro atoms. The van der Waals surface area contributed by atoms with Crippen LogP contribution >= 0.6 is 11.6 Å². The molecule has 8 heteroatoms. The van der Waals surface area contributed by atoms with Crippen molar-refractivity contribution in [3.8, 4) is 5.95 Å². The monoisotopic (exact) mass is 293 g/mol. The van der Waals surface area contributed by atoms with Crippen LogP contribution in [0.4, 0.5) is 5.95 Å². The van der Waals surface area contributed by atoms with E-state index < -0.39 is 0 Å². The Morgan fingerprint density at radius 3 is 2.80 bits per heavy atom. The van der Waals surface area contributed by atoms with E-state index in [-0.39, 0.29) is 5.28 Å². The Kier molecular flexibility index (Phi) is 3.77. The molecular weight excluding hydrogens is 278 g/mol. The Bertz CT molecular complexity index is 565. The van der Waals surface area contributed by atoms with Crippen molar-refractivity contribution in [1.29, 1.82) is 0 Å². The van der Waals surface area contributed by atoms with Crippen LogP contribution in [0.5, 0.6) is 0 Å². The third-order valence-corrected chi connectivity index (χ3v) is 3.73. The Hall–Kier alpha value is -1.76. The van der Waals surface area contributed by atoms with Gasteiger partial charge in [-0.1, -0.05) is 12.8 Å². The molecule has 0 saturated heterocycles. The number of halogens is 1. The van der Waals surface area contributed by atoms with E-state index in [4.69, 9.17) is 11.6 Å². The maximum atomic E-state index is 5.98. The van der Waals surface area contributed by atoms with Gasteiger partial charge in [-0.25, -0.2) is 4.98 Å². The molecule has 1 aliphatic rings. The lowest BCUT2D eigenvalue weighted by Gasteiger charge is -2.21. The first kappa shape index (κ1) is 13.2. The van der Waals surface area contributed by atoms with E-state index in [9.17, 15) is 0 Å². The highest BCUT2D eigenvalue weighted by molar-refractivity contribution is 6.28. The second kappa shape index (κ2) is 5.70. The van der Waals surface area contributed by atoms with Gasteiger partial charge < -0.3 is 4.90 Å². The SMILES string of the molecule is CN(CC1CCCC1)c1nc(Cl)nc(-n2cncn2)n1. The standard InChI is InChI=1S/C12H16ClN7/c1-19(6-9-4-2-3-5-9)11-16-10(13)17-12(18-11)20-8-14-7-15-20/h7-9H,2-6H2,1H3. The van der Waals surface area contributed by atoms with Crippen molar-refractivity contribution >= 4 is 17.5 Å². The first-order valence-corrected chi connectivity index (χ1v) is 7.08. The van der Waals surface area contributed by atoms with E-state index in [1.54, 1.807) is 0 Å². The fourth-order valence-corrected chi connectivity index (χ4v) is 2.73. The van der Waals surface area contributed by atoms with Gasteiger partial charge in [-0.15, -0.1) is 0 Å². The van der Waals surface area contributed by atoms with Gasteiger partial charge in [0.05, 0.1) is 0 Å². The van der Waals surface area contributed by atoms with Gasteiger partial charge in [0.1, 0.15) is 12.7 Å². The lowest BCUT2D eigenvalue weighted by atomic mass is 10.1. The molecule has 7 nitrogen and oxygen atoms in total. The van der Waals surface area contributed by atoms with Crippen LogP contribution in [-0.4, -0.2) is 43.3 Å². The van der Waals surface area contributed by atoms with Gasteiger partial charge in [-0.2, -0.15) is 24.7 Å². The molecule has 1 aliphatic carbocycles. The van der Waals surface area contributed by atoms with Crippen molar-refractivity contribution in [2.75, 3.05) is 18.5 Å². The second-order valence-electron chi connectivity index (χ2n) is 5.08. The Balaban J connectivity index is 1.81. The average Bonchev–Trinajstić information content (AvgIpc) is 3.11. The molecule has 0 radical (unpaired) electrons. The van der Waals surface area contributed by atoms with Crippen LogP contribution in [0, 0.1) is 5.92 Å². The summed E-state index contributed by atoms with van der Waals surface area (Å²) < 4.78 is 1.47. The fourth-order valence-electron chi connectivity index (χ4n) is 2.58. The molecule has 2 heterocycles. The summed E-state index contributed by atoms with van der Waals surface area (Å²) in [5.41, 5.74) is 0. The van der Waals surface area contributed by atoms with Gasteiger partial charge in [0.25, 0.3) is 5.95 Å². The summed E-state index contributed by atoms with van der Waals surface area (Å²) in [5, 5.41) is 4.17. The third kappa shape index (κ3) is 2.87. The van der Waals surface area contributed by atoms with Gasteiger partial charge in [0.15, 0.2) is 0 Å². The van der Waals surface area contributed by atoms with Crippen molar-refractivity contribution in [1.82, 2.24) is 29.7 Å². The third-order valence-electron chi connectivity index (χ3n) is 3.56. The van der Waals surface area contributed by atoms with Crippen LogP contribution in [0.15, 0.2) is 12.7 Å². The van der Waals surface area contributed by atoms with Crippen molar-refractivity contribution < 1.29 is 0 Å². The van der Waals surface area contributed by atoms with E-state index in [1.807, 2.05) is 11.9 Å². The molecule has 106 valence electrons. The molecule has 0 bridgehead atoms. The molecule has 0 unspecified atom stereocenters. The van der Waals surface area contributed by atoms with Crippen LogP contribution < -0.4 is 4.90 Å². The van der Waals surface area contributed by atoms with E-state index in [0.717, 1.165) is 6.54 Å². The summed E-state index contributed by atoms with van der Waals surface area (Å²) in [6, 6.07) is 0. The van der Waals surface area contributed by atoms with Crippen molar-refractivity contribution in [3.63, 3.8) is 0 Å². The fraction of sp³-hybridized carbons (Fsp3) is 0.583. The van der Waals surface area contributed by atoms with Gasteiger partial charge >= 0.3 is 0 Å². The number of hydrogen-bond donors (Lipinski definition) is 0. The van der Waals surface area contributed by atoms with E-state index in [2.05, 4.69) is 25.0 Å². The zero-order valence-corrected chi connectivity index (χ0v) is 12.0. The Morgan fingerprint density at radius 1 is 1.30 bits per heavy atom. The summed E-state index contributed by atoms with van der Waals surface area (Å²) in [7, 11) is 1.98. The minimum atomic E-state index is 0.166. The molecule has 0 atom stereocenters. The summed E-state index contributed by atoms with van der Waals surface area (Å²) in [6.07, 6.45) is 8.16. The summed E-state index contributed by atoms with van der Waals surface area (Å²) in [5.74, 6) is 1.67. The minimum absolute atomic E-state index is 0.166. The number of hydrogen-bond acceptors (Lipinski definition) is 6. The Morgan fingerprint density at radius 2 is 2.10 bits per heavy atom. The molecule has 2 aromatic rings. The smallest absolute Gasteiger partial charge is 0.258 e. The number of anilines is 1. The molecule has 0 aliphatic heterocycles. The average molecular weight is 294 g/mol. The molecule has 1 fully saturated rings. The molecule has 0 aromatic carbocycles. The molecule has 1 saturated carbocycles. The van der Waals surface area contributed by atoms with Gasteiger partial charge in [0, 0.05) is 13.6 Å². The van der Waals surface area contributed by atoms with Gasteiger partial charge in [-0.05, 0) is 30.4 Å². The van der Waals surface area contributed by atoms with E-state index in [0.29, 0.717) is 17.8 Å². The van der Waals surface area contributed by atoms with Crippen molar-refractivity contribution in [2.24, 2.45) is 5.92 Å². The first-order chi connectivity index (χ1) is 9.72. The zero-order valence-electron chi connectivity index (χ0n) is 11.3. The summed E-state index contributed by atoms with van der Waals surface area (Å²) in [4.78, 5) is 18.6. The number of nitrogens with zero attached hydrogens (tertiary/aromatic N) is 7. The molecule has 0 amide bonds. The van der Waals surface area contributed by atoms with Crippen molar-refractivity contribution in [2.45, 2.75) is 25.7 Å². The molecule has 2 aromatic heterocycles. The summed E-state index contributed by atoms with van der Waals surface area (Å²) >= 11 is 5.98. The highest BCUT2D eigenvalue weighted by Gasteiger charge is 2.19. The van der Waals surface area contributed by atoms with Gasteiger partial charge in [0.2, 0.25) is 11.2 Å². The van der Waals surface area contributed by atoms with E-state index in [1.165, 1.54) is 43.0 Å². The maximum absolute atomic E-state index is 5.98. The van der Waals surface area contributed by atoms with Crippen LogP contribution in [0.1, 0.15) is 25.7 Å². The quantitative estimate of drug-likeness (QED) is 0.855. The van der Waals surface area contributed by atoms with Crippen LogP contribution in [0.25, 0.3) is 5.95 Å². The molecular formula is C12H16ClN7. The lowest BCUT2D eigenvalue weighted by Crippen LogP contribution is -2.26. The number of aromatic nitrogens is 6. The highest BCUT2D eigenvalue weighted by Crippen LogP contribution is 2.26. The highest BCUT2D eigenvalue weighted by atomic mass is 35.5. The molecule has 0 N–H and O–H groups in total. The molecule has 20 heavy (non-hydrogen) atoms. The predicted octanol–water partition coefficient (Wildman–Crippen LogP) is 1.73. The largest absolute Gasteiger partial charge is 0.343 e. The van der Waals surface area contributed by atoms with Crippen LogP contribution in [-0.2, 0) is 0 Å². The van der Waals surface area contributed by atoms with Crippen molar-refractivity contribution in [3.05, 3.63) is 17.9 Å². The lowest BCUT2D eigenvalue weighted by molar-refractivity contribution is 0.541. The predicted molar refractivity (Wildman–Crippen MR) is 75.0 cm³/mol. The maximum Gasteiger partial charge on any atom is 0.258 e. The van der Waals surface area contributed by atoms with E-state index >= 15 is 0 Å². The first-order valence-electron chi connectivity index (χ1n) is 6.70. The Labute approximate surface area is 122 Å².